The second-order valence-corrected chi connectivity index (χ2v) is 5.71. The van der Waals surface area contributed by atoms with Crippen LogP contribution in [0.15, 0.2) is 0 Å². The first kappa shape index (κ1) is 17.3. The molecule has 0 bridgehead atoms. The van der Waals surface area contributed by atoms with Crippen molar-refractivity contribution in [2.75, 3.05) is 20.4 Å². The van der Waals surface area contributed by atoms with E-state index in [0.29, 0.717) is 18.8 Å². The molecule has 5 heteroatoms. The number of carbonyl (C=O) groups excluding carboxylic acids is 1. The highest BCUT2D eigenvalue weighted by Crippen LogP contribution is 2.29. The van der Waals surface area contributed by atoms with E-state index in [9.17, 15) is 13.6 Å². The first-order valence-corrected chi connectivity index (χ1v) is 7.48. The van der Waals surface area contributed by atoms with Gasteiger partial charge in [-0.05, 0) is 44.4 Å². The minimum Gasteiger partial charge on any atom is -0.465 e. The third-order valence-corrected chi connectivity index (χ3v) is 4.08. The fraction of sp³-hybridized carbons (Fsp3) is 0.933. The molecule has 1 rings (SSSR count). The predicted molar refractivity (Wildman–Crippen MR) is 73.0 cm³/mol. The number of hydrogen-bond acceptors (Lipinski definition) is 3. The molecule has 1 aliphatic rings. The molecule has 1 saturated carbocycles. The minimum absolute atomic E-state index is 0.0178. The van der Waals surface area contributed by atoms with Crippen LogP contribution in [0, 0.1) is 11.8 Å². The van der Waals surface area contributed by atoms with Crippen molar-refractivity contribution in [2.24, 2.45) is 11.8 Å². The fourth-order valence-electron chi connectivity index (χ4n) is 2.62. The summed E-state index contributed by atoms with van der Waals surface area (Å²) in [6.45, 7) is 1.41. The summed E-state index contributed by atoms with van der Waals surface area (Å²) in [6.07, 6.45) is 2.44. The van der Waals surface area contributed by atoms with Crippen molar-refractivity contribution in [2.45, 2.75) is 57.7 Å². The Morgan fingerprint density at radius 1 is 1.30 bits per heavy atom. The lowest BCUT2D eigenvalue weighted by Crippen LogP contribution is -2.27. The quantitative estimate of drug-likeness (QED) is 0.507. The van der Waals surface area contributed by atoms with Gasteiger partial charge >= 0.3 is 5.97 Å². The zero-order valence-corrected chi connectivity index (χ0v) is 12.4. The maximum absolute atomic E-state index is 13.1. The molecule has 3 nitrogen and oxygen atoms in total. The van der Waals surface area contributed by atoms with Crippen LogP contribution < -0.4 is 0 Å². The highest BCUT2D eigenvalue weighted by Gasteiger charge is 2.25. The Morgan fingerprint density at radius 3 is 2.50 bits per heavy atom. The summed E-state index contributed by atoms with van der Waals surface area (Å²) in [5.74, 6) is 0.570. The van der Waals surface area contributed by atoms with E-state index in [2.05, 4.69) is 6.92 Å². The SMILES string of the molecule is COC(CCCOC(=O)C1CCC(C)CC1)C(F)CF. The molecule has 0 heterocycles. The first-order valence-electron chi connectivity index (χ1n) is 7.48. The molecule has 1 fully saturated rings. The van der Waals surface area contributed by atoms with Crippen molar-refractivity contribution in [3.05, 3.63) is 0 Å². The number of esters is 1. The van der Waals surface area contributed by atoms with E-state index in [1.807, 2.05) is 0 Å². The third-order valence-electron chi connectivity index (χ3n) is 4.08. The smallest absolute Gasteiger partial charge is 0.308 e. The molecule has 0 aromatic rings. The zero-order valence-electron chi connectivity index (χ0n) is 12.4. The van der Waals surface area contributed by atoms with Crippen LogP contribution in [-0.4, -0.2) is 38.6 Å². The maximum Gasteiger partial charge on any atom is 0.308 e. The lowest BCUT2D eigenvalue weighted by Gasteiger charge is -2.24. The number of rotatable bonds is 8. The summed E-state index contributed by atoms with van der Waals surface area (Å²) in [7, 11) is 1.36. The Balaban J connectivity index is 2.15. The monoisotopic (exact) mass is 292 g/mol. The highest BCUT2D eigenvalue weighted by molar-refractivity contribution is 5.72. The highest BCUT2D eigenvalue weighted by atomic mass is 19.2. The van der Waals surface area contributed by atoms with Gasteiger partial charge in [0.25, 0.3) is 0 Å². The van der Waals surface area contributed by atoms with E-state index in [1.165, 1.54) is 7.11 Å². The van der Waals surface area contributed by atoms with E-state index in [4.69, 9.17) is 9.47 Å². The van der Waals surface area contributed by atoms with Crippen LogP contribution in [0.2, 0.25) is 0 Å². The zero-order chi connectivity index (χ0) is 15.0. The van der Waals surface area contributed by atoms with Crippen LogP contribution in [0.5, 0.6) is 0 Å². The lowest BCUT2D eigenvalue weighted by atomic mass is 9.83. The molecular formula is C15H26F2O3. The van der Waals surface area contributed by atoms with Crippen molar-refractivity contribution < 1.29 is 23.0 Å². The van der Waals surface area contributed by atoms with E-state index in [1.54, 1.807) is 0 Å². The summed E-state index contributed by atoms with van der Waals surface area (Å²) in [5.41, 5.74) is 0. The molecule has 0 N–H and O–H groups in total. The van der Waals surface area contributed by atoms with Gasteiger partial charge in [-0.2, -0.15) is 0 Å². The number of halogens is 2. The first-order chi connectivity index (χ1) is 9.58. The summed E-state index contributed by atoms with van der Waals surface area (Å²) < 4.78 is 35.4. The van der Waals surface area contributed by atoms with Crippen LogP contribution in [-0.2, 0) is 14.3 Å². The van der Waals surface area contributed by atoms with Gasteiger partial charge < -0.3 is 9.47 Å². The number of hydrogen-bond donors (Lipinski definition) is 0. The predicted octanol–water partition coefficient (Wildman–Crippen LogP) is 3.46. The Morgan fingerprint density at radius 2 is 1.95 bits per heavy atom. The minimum atomic E-state index is -1.60. The number of carbonyl (C=O) groups is 1. The molecule has 2 atom stereocenters. The molecular weight excluding hydrogens is 266 g/mol. The Kier molecular flexibility index (Phi) is 8.04. The van der Waals surface area contributed by atoms with Gasteiger partial charge in [0.15, 0.2) is 6.17 Å². The van der Waals surface area contributed by atoms with Gasteiger partial charge in [-0.25, -0.2) is 8.78 Å². The molecule has 20 heavy (non-hydrogen) atoms. The van der Waals surface area contributed by atoms with Crippen LogP contribution in [0.4, 0.5) is 8.78 Å². The average Bonchev–Trinajstić information content (AvgIpc) is 2.47. The molecule has 0 saturated heterocycles. The Hall–Kier alpha value is -0.710. The van der Waals surface area contributed by atoms with Gasteiger partial charge in [0.05, 0.1) is 18.6 Å². The molecule has 2 unspecified atom stereocenters. The van der Waals surface area contributed by atoms with Crippen LogP contribution in [0.1, 0.15) is 45.4 Å². The molecule has 0 spiro atoms. The number of ether oxygens (including phenoxy) is 2. The third kappa shape index (κ3) is 5.73. The van der Waals surface area contributed by atoms with Crippen molar-refractivity contribution in [1.29, 1.82) is 0 Å². The van der Waals surface area contributed by atoms with Crippen molar-refractivity contribution in [3.63, 3.8) is 0 Å². The normalized spacial score (nSPS) is 26.0. The summed E-state index contributed by atoms with van der Waals surface area (Å²) in [5, 5.41) is 0. The van der Waals surface area contributed by atoms with Crippen molar-refractivity contribution in [1.82, 2.24) is 0 Å². The number of methoxy groups -OCH3 is 1. The molecule has 1 aliphatic carbocycles. The van der Waals surface area contributed by atoms with Gasteiger partial charge in [-0.1, -0.05) is 6.92 Å². The van der Waals surface area contributed by atoms with E-state index in [-0.39, 0.29) is 18.5 Å². The van der Waals surface area contributed by atoms with Gasteiger partial charge in [0.2, 0.25) is 0 Å². The van der Waals surface area contributed by atoms with Gasteiger partial charge in [0, 0.05) is 7.11 Å². The summed E-state index contributed by atoms with van der Waals surface area (Å²) in [4.78, 5) is 11.8. The van der Waals surface area contributed by atoms with Crippen LogP contribution in [0.3, 0.4) is 0 Å². The molecule has 0 aliphatic heterocycles. The van der Waals surface area contributed by atoms with Crippen LogP contribution >= 0.6 is 0 Å². The van der Waals surface area contributed by atoms with Crippen LogP contribution in [0.25, 0.3) is 0 Å². The lowest BCUT2D eigenvalue weighted by molar-refractivity contribution is -0.150. The average molecular weight is 292 g/mol. The summed E-state index contributed by atoms with van der Waals surface area (Å²) >= 11 is 0. The Labute approximate surface area is 120 Å². The second-order valence-electron chi connectivity index (χ2n) is 5.71. The molecule has 0 aromatic carbocycles. The molecule has 118 valence electrons. The largest absolute Gasteiger partial charge is 0.465 e. The van der Waals surface area contributed by atoms with E-state index >= 15 is 0 Å². The number of alkyl halides is 2. The Bertz CT molecular complexity index is 278. The van der Waals surface area contributed by atoms with Gasteiger partial charge in [0.1, 0.15) is 6.67 Å². The molecule has 0 radical (unpaired) electrons. The molecule has 0 aromatic heterocycles. The van der Waals surface area contributed by atoms with E-state index < -0.39 is 19.0 Å². The second kappa shape index (κ2) is 9.27. The standard InChI is InChI=1S/C15H26F2O3/c1-11-5-7-12(8-6-11)15(18)20-9-3-4-14(19-2)13(17)10-16/h11-14H,3-10H2,1-2H3. The fourth-order valence-corrected chi connectivity index (χ4v) is 2.62. The topological polar surface area (TPSA) is 35.5 Å². The maximum atomic E-state index is 13.1. The van der Waals surface area contributed by atoms with Gasteiger partial charge in [-0.3, -0.25) is 4.79 Å². The summed E-state index contributed by atoms with van der Waals surface area (Å²) in [6, 6.07) is 0. The van der Waals surface area contributed by atoms with E-state index in [0.717, 1.165) is 25.7 Å². The molecule has 0 amide bonds. The van der Waals surface area contributed by atoms with Crippen molar-refractivity contribution in [3.8, 4) is 0 Å². The van der Waals surface area contributed by atoms with Gasteiger partial charge in [-0.15, -0.1) is 0 Å². The van der Waals surface area contributed by atoms with Crippen molar-refractivity contribution >= 4 is 5.97 Å².